The van der Waals surface area contributed by atoms with Gasteiger partial charge in [-0.15, -0.1) is 0 Å². The van der Waals surface area contributed by atoms with Crippen molar-refractivity contribution in [3.05, 3.63) is 95.1 Å². The van der Waals surface area contributed by atoms with E-state index in [0.29, 0.717) is 29.8 Å². The highest BCUT2D eigenvalue weighted by Gasteiger charge is 2.57. The Morgan fingerprint density at radius 2 is 1.59 bits per heavy atom. The van der Waals surface area contributed by atoms with E-state index in [4.69, 9.17) is 0 Å². The van der Waals surface area contributed by atoms with E-state index in [2.05, 4.69) is 32.2 Å². The highest BCUT2D eigenvalue weighted by Crippen LogP contribution is 2.57. The predicted octanol–water partition coefficient (Wildman–Crippen LogP) is 5.40. The molecule has 0 aromatic heterocycles. The lowest BCUT2D eigenvalue weighted by Gasteiger charge is -2.60. The molecule has 3 aromatic carbocycles. The lowest BCUT2D eigenvalue weighted by atomic mass is 9.51. The Labute approximate surface area is 200 Å². The van der Waals surface area contributed by atoms with E-state index in [1.165, 1.54) is 5.56 Å². The number of nitrogens with one attached hydrogen (secondary N) is 1. The van der Waals surface area contributed by atoms with E-state index < -0.39 is 0 Å². The van der Waals surface area contributed by atoms with Gasteiger partial charge in [0.05, 0.1) is 0 Å². The molecular weight excluding hydrogens is 424 g/mol. The zero-order valence-electron chi connectivity index (χ0n) is 19.8. The molecule has 3 aromatic rings. The molecule has 0 saturated carbocycles. The van der Waals surface area contributed by atoms with Crippen LogP contribution in [-0.4, -0.2) is 34.4 Å². The smallest absolute Gasteiger partial charge is 0.255 e. The average molecular weight is 455 g/mol. The molecule has 1 heterocycles. The molecule has 1 aliphatic carbocycles. The number of likely N-dealkylation sites (tertiary alicyclic amines) is 1. The van der Waals surface area contributed by atoms with Gasteiger partial charge in [0.25, 0.3) is 11.8 Å². The summed E-state index contributed by atoms with van der Waals surface area (Å²) >= 11 is 0. The summed E-state index contributed by atoms with van der Waals surface area (Å²) in [4.78, 5) is 28.2. The second kappa shape index (κ2) is 8.01. The van der Waals surface area contributed by atoms with E-state index in [9.17, 15) is 14.7 Å². The molecule has 0 unspecified atom stereocenters. The molecule has 2 aliphatic rings. The normalized spacial score (nSPS) is 22.6. The topological polar surface area (TPSA) is 69.6 Å². The molecule has 1 fully saturated rings. The van der Waals surface area contributed by atoms with Crippen LogP contribution in [-0.2, 0) is 11.8 Å². The van der Waals surface area contributed by atoms with Crippen LogP contribution >= 0.6 is 0 Å². The number of amides is 2. The van der Waals surface area contributed by atoms with Crippen molar-refractivity contribution in [2.75, 3.05) is 11.9 Å². The number of piperidine rings is 1. The van der Waals surface area contributed by atoms with Gasteiger partial charge < -0.3 is 15.3 Å². The van der Waals surface area contributed by atoms with Gasteiger partial charge in [0.15, 0.2) is 0 Å². The Morgan fingerprint density at radius 1 is 0.912 bits per heavy atom. The van der Waals surface area contributed by atoms with Gasteiger partial charge in [-0.05, 0) is 71.8 Å². The number of phenols is 1. The molecule has 2 N–H and O–H groups in total. The number of carbonyl (C=O) groups excluding carboxylic acids is 2. The zero-order chi connectivity index (χ0) is 24.1. The highest BCUT2D eigenvalue weighted by molar-refractivity contribution is 6.05. The average Bonchev–Trinajstić information content (AvgIpc) is 2.82. The zero-order valence-corrected chi connectivity index (χ0v) is 19.8. The van der Waals surface area contributed by atoms with Crippen molar-refractivity contribution >= 4 is 17.5 Å². The molecule has 2 bridgehead atoms. The SMILES string of the molecule is CC1(C)[C@H]2Cc3c(O)cccc3[C@]1(C)CCN2C(=O)c1ccc(C(=O)Nc2ccccc2)cc1. The summed E-state index contributed by atoms with van der Waals surface area (Å²) in [6, 6.07) is 21.9. The Balaban J connectivity index is 1.39. The van der Waals surface area contributed by atoms with Crippen LogP contribution in [0.1, 0.15) is 59.0 Å². The summed E-state index contributed by atoms with van der Waals surface area (Å²) in [6.07, 6.45) is 1.46. The molecule has 1 aliphatic heterocycles. The Bertz CT molecular complexity index is 1250. The molecule has 1 saturated heterocycles. The quantitative estimate of drug-likeness (QED) is 0.557. The number of aromatic hydroxyl groups is 1. The minimum Gasteiger partial charge on any atom is -0.508 e. The van der Waals surface area contributed by atoms with Crippen molar-refractivity contribution in [3.8, 4) is 5.75 Å². The molecule has 174 valence electrons. The molecule has 5 rings (SSSR count). The van der Waals surface area contributed by atoms with Crippen LogP contribution in [0, 0.1) is 5.41 Å². The lowest BCUT2D eigenvalue weighted by molar-refractivity contribution is -0.0266. The fourth-order valence-electron chi connectivity index (χ4n) is 5.82. The Kier molecular flexibility index (Phi) is 5.23. The first-order valence-electron chi connectivity index (χ1n) is 11.8. The maximum Gasteiger partial charge on any atom is 0.255 e. The van der Waals surface area contributed by atoms with Crippen molar-refractivity contribution in [3.63, 3.8) is 0 Å². The molecule has 0 spiro atoms. The van der Waals surface area contributed by atoms with Gasteiger partial charge >= 0.3 is 0 Å². The number of phenolic OH excluding ortho intramolecular Hbond substituents is 1. The molecule has 0 radical (unpaired) electrons. The Hall–Kier alpha value is -3.60. The first-order valence-corrected chi connectivity index (χ1v) is 11.8. The first-order chi connectivity index (χ1) is 16.2. The molecular formula is C29H30N2O3. The maximum atomic E-state index is 13.6. The molecule has 5 nitrogen and oxygen atoms in total. The number of carbonyl (C=O) groups is 2. The third-order valence-electron chi connectivity index (χ3n) is 8.31. The van der Waals surface area contributed by atoms with Gasteiger partial charge in [0.1, 0.15) is 5.75 Å². The van der Waals surface area contributed by atoms with Crippen LogP contribution in [0.15, 0.2) is 72.8 Å². The fraction of sp³-hybridized carbons (Fsp3) is 0.310. The van der Waals surface area contributed by atoms with Gasteiger partial charge in [-0.25, -0.2) is 0 Å². The van der Waals surface area contributed by atoms with Gasteiger partial charge in [-0.2, -0.15) is 0 Å². The largest absolute Gasteiger partial charge is 0.508 e. The number of rotatable bonds is 3. The van der Waals surface area contributed by atoms with E-state index in [1.54, 1.807) is 30.3 Å². The number of hydrogen-bond acceptors (Lipinski definition) is 3. The molecule has 34 heavy (non-hydrogen) atoms. The third kappa shape index (κ3) is 3.38. The second-order valence-corrected chi connectivity index (χ2v) is 10.2. The number of anilines is 1. The first kappa shape index (κ1) is 22.2. The van der Waals surface area contributed by atoms with Crippen LogP contribution in [0.4, 0.5) is 5.69 Å². The van der Waals surface area contributed by atoms with Crippen molar-refractivity contribution in [2.45, 2.75) is 45.1 Å². The summed E-state index contributed by atoms with van der Waals surface area (Å²) in [6.45, 7) is 7.40. The number of hydrogen-bond donors (Lipinski definition) is 2. The summed E-state index contributed by atoms with van der Waals surface area (Å²) < 4.78 is 0. The van der Waals surface area contributed by atoms with Crippen molar-refractivity contribution in [1.82, 2.24) is 4.90 Å². The van der Waals surface area contributed by atoms with Crippen LogP contribution in [0.3, 0.4) is 0 Å². The van der Waals surface area contributed by atoms with Crippen LogP contribution < -0.4 is 5.32 Å². The van der Waals surface area contributed by atoms with E-state index >= 15 is 0 Å². The number of para-hydroxylation sites is 1. The minimum atomic E-state index is -0.209. The van der Waals surface area contributed by atoms with Crippen LogP contribution in [0.5, 0.6) is 5.75 Å². The predicted molar refractivity (Wildman–Crippen MR) is 133 cm³/mol. The van der Waals surface area contributed by atoms with Gasteiger partial charge in [0, 0.05) is 34.8 Å². The van der Waals surface area contributed by atoms with Crippen molar-refractivity contribution < 1.29 is 14.7 Å². The summed E-state index contributed by atoms with van der Waals surface area (Å²) in [5.41, 5.74) is 3.68. The second-order valence-electron chi connectivity index (χ2n) is 10.2. The van der Waals surface area contributed by atoms with Crippen LogP contribution in [0.2, 0.25) is 0 Å². The third-order valence-corrected chi connectivity index (χ3v) is 8.31. The molecule has 5 heteroatoms. The monoisotopic (exact) mass is 454 g/mol. The number of fused-ring (bicyclic) bond motifs is 4. The van der Waals surface area contributed by atoms with Crippen molar-refractivity contribution in [1.29, 1.82) is 0 Å². The van der Waals surface area contributed by atoms with E-state index in [-0.39, 0.29) is 28.7 Å². The van der Waals surface area contributed by atoms with E-state index in [0.717, 1.165) is 17.7 Å². The minimum absolute atomic E-state index is 0.0272. The standard InChI is InChI=1S/C29H30N2O3/c1-28(2)25-18-22-23(10-7-11-24(22)32)29(28,3)16-17-31(25)27(34)20-14-12-19(13-15-20)26(33)30-21-8-5-4-6-9-21/h4-15,25,32H,16-18H2,1-3H3,(H,30,33)/t25-,29+/m1/s1. The summed E-state index contributed by atoms with van der Waals surface area (Å²) in [5, 5.41) is 13.5. The van der Waals surface area contributed by atoms with Gasteiger partial charge in [0.2, 0.25) is 0 Å². The van der Waals surface area contributed by atoms with E-state index in [1.807, 2.05) is 41.3 Å². The maximum absolute atomic E-state index is 13.6. The Morgan fingerprint density at radius 3 is 2.29 bits per heavy atom. The number of nitrogens with zero attached hydrogens (tertiary/aromatic N) is 1. The van der Waals surface area contributed by atoms with Gasteiger partial charge in [-0.1, -0.05) is 51.1 Å². The highest BCUT2D eigenvalue weighted by atomic mass is 16.3. The summed E-state index contributed by atoms with van der Waals surface area (Å²) in [7, 11) is 0. The molecule has 2 atom stereocenters. The van der Waals surface area contributed by atoms with Crippen LogP contribution in [0.25, 0.3) is 0 Å². The fourth-order valence-corrected chi connectivity index (χ4v) is 5.82. The molecule has 2 amide bonds. The number of benzene rings is 3. The lowest BCUT2D eigenvalue weighted by Crippen LogP contribution is -2.64. The summed E-state index contributed by atoms with van der Waals surface area (Å²) in [5.74, 6) is 0.0701. The van der Waals surface area contributed by atoms with Crippen molar-refractivity contribution in [2.24, 2.45) is 5.41 Å². The van der Waals surface area contributed by atoms with Gasteiger partial charge in [-0.3, -0.25) is 9.59 Å².